The molecule has 1 heterocycles. The Hall–Kier alpha value is -2.64. The second-order valence-electron chi connectivity index (χ2n) is 9.57. The predicted octanol–water partition coefficient (Wildman–Crippen LogP) is 9.10. The molecule has 1 atom stereocenters. The van der Waals surface area contributed by atoms with Gasteiger partial charge >= 0.3 is 0 Å². The lowest BCUT2D eigenvalue weighted by atomic mass is 9.91. The highest BCUT2D eigenvalue weighted by Gasteiger charge is 2.15. The van der Waals surface area contributed by atoms with E-state index < -0.39 is 0 Å². The lowest BCUT2D eigenvalue weighted by molar-refractivity contribution is -0.117. The van der Waals surface area contributed by atoms with E-state index >= 15 is 0 Å². The molecular formula is C31H46ClN3O. The number of hydrogen-bond donors (Lipinski definition) is 1. The van der Waals surface area contributed by atoms with Crippen molar-refractivity contribution in [2.24, 2.45) is 11.8 Å². The SMILES string of the molecule is CC.CC(=O)CCC(C)CC(C)C.CCC/C=C(\c1cc(C#N)c(C)cc1C)c1cncc(N)c1Cl. The number of benzene rings is 1. The zero-order valence-electron chi connectivity index (χ0n) is 23.8. The van der Waals surface area contributed by atoms with E-state index in [2.05, 4.69) is 44.8 Å². The third-order valence-electron chi connectivity index (χ3n) is 5.68. The van der Waals surface area contributed by atoms with Crippen LogP contribution in [0.15, 0.2) is 30.6 Å². The third-order valence-corrected chi connectivity index (χ3v) is 6.10. The van der Waals surface area contributed by atoms with Crippen molar-refractivity contribution in [1.29, 1.82) is 5.26 Å². The number of Topliss-reactive ketones (excluding diaryl/α,β-unsaturated/α-hetero) is 1. The van der Waals surface area contributed by atoms with Crippen molar-refractivity contribution < 1.29 is 4.79 Å². The number of allylic oxidation sites excluding steroid dienone is 1. The summed E-state index contributed by atoms with van der Waals surface area (Å²) in [6.07, 6.45) is 10.4. The molecule has 1 aromatic carbocycles. The molecule has 198 valence electrons. The van der Waals surface area contributed by atoms with Crippen LogP contribution in [0.25, 0.3) is 5.57 Å². The van der Waals surface area contributed by atoms with Crippen molar-refractivity contribution in [1.82, 2.24) is 4.98 Å². The van der Waals surface area contributed by atoms with Crippen LogP contribution in [0.2, 0.25) is 5.02 Å². The van der Waals surface area contributed by atoms with Gasteiger partial charge < -0.3 is 10.5 Å². The van der Waals surface area contributed by atoms with E-state index in [0.29, 0.717) is 28.0 Å². The standard InChI is InChI=1S/C19H20ClN3.C10H20O.C2H6/c1-4-5-6-15(17-10-23-11-18(22)19(17)20)16-8-14(9-21)12(2)7-13(16)3;1-8(2)7-9(3)5-6-10(4)11;1-2/h6-8,10-11H,4-5,22H2,1-3H3;8-9H,5-7H2,1-4H3;1-2H3/b15-6+;;. The fraction of sp³-hybridized carbons (Fsp3) is 0.516. The van der Waals surface area contributed by atoms with Crippen molar-refractivity contribution in [3.63, 3.8) is 0 Å². The second kappa shape index (κ2) is 17.7. The first-order valence-electron chi connectivity index (χ1n) is 13.1. The monoisotopic (exact) mass is 511 g/mol. The zero-order valence-corrected chi connectivity index (χ0v) is 24.6. The Morgan fingerprint density at radius 1 is 1.14 bits per heavy atom. The molecule has 0 spiro atoms. The minimum atomic E-state index is 0.320. The molecule has 5 heteroatoms. The first-order chi connectivity index (χ1) is 17.0. The Labute approximate surface area is 225 Å². The Kier molecular flexibility index (Phi) is 16.4. The highest BCUT2D eigenvalue weighted by molar-refractivity contribution is 6.35. The minimum absolute atomic E-state index is 0.320. The number of nitrogens with two attached hydrogens (primary N) is 1. The Morgan fingerprint density at radius 2 is 1.78 bits per heavy atom. The largest absolute Gasteiger partial charge is 0.396 e. The molecule has 0 fully saturated rings. The summed E-state index contributed by atoms with van der Waals surface area (Å²) in [6.45, 7) is 18.5. The molecule has 0 aliphatic rings. The Balaban J connectivity index is 0.000000796. The molecule has 2 aromatic rings. The van der Waals surface area contributed by atoms with Crippen LogP contribution in [-0.2, 0) is 4.79 Å². The molecule has 1 aromatic heterocycles. The van der Waals surface area contributed by atoms with E-state index in [-0.39, 0.29) is 0 Å². The second-order valence-corrected chi connectivity index (χ2v) is 9.94. The van der Waals surface area contributed by atoms with E-state index in [9.17, 15) is 10.1 Å². The van der Waals surface area contributed by atoms with Gasteiger partial charge in [-0.3, -0.25) is 4.98 Å². The zero-order chi connectivity index (χ0) is 27.8. The molecule has 0 saturated carbocycles. The van der Waals surface area contributed by atoms with Crippen LogP contribution in [0.1, 0.15) is 108 Å². The van der Waals surface area contributed by atoms with E-state index in [0.717, 1.165) is 59.4 Å². The summed E-state index contributed by atoms with van der Waals surface area (Å²) in [6, 6.07) is 6.20. The fourth-order valence-corrected chi connectivity index (χ4v) is 4.14. The number of nitrogen functional groups attached to an aromatic ring is 1. The fourth-order valence-electron chi connectivity index (χ4n) is 3.94. The lowest BCUT2D eigenvalue weighted by Gasteiger charge is -2.15. The van der Waals surface area contributed by atoms with Crippen LogP contribution >= 0.6 is 11.6 Å². The van der Waals surface area contributed by atoms with E-state index in [4.69, 9.17) is 17.3 Å². The third kappa shape index (κ3) is 11.4. The van der Waals surface area contributed by atoms with Crippen LogP contribution in [0.4, 0.5) is 5.69 Å². The number of carbonyl (C=O) groups is 1. The average molecular weight is 512 g/mol. The molecule has 2 N–H and O–H groups in total. The Morgan fingerprint density at radius 3 is 2.31 bits per heavy atom. The summed E-state index contributed by atoms with van der Waals surface area (Å²) < 4.78 is 0. The van der Waals surface area contributed by atoms with E-state index in [1.54, 1.807) is 19.3 Å². The van der Waals surface area contributed by atoms with Crippen LogP contribution in [0.5, 0.6) is 0 Å². The van der Waals surface area contributed by atoms with Gasteiger partial charge in [0.05, 0.1) is 28.5 Å². The molecule has 2 rings (SSSR count). The molecule has 36 heavy (non-hydrogen) atoms. The van der Waals surface area contributed by atoms with Gasteiger partial charge in [0.2, 0.25) is 0 Å². The van der Waals surface area contributed by atoms with Gasteiger partial charge in [-0.25, -0.2) is 0 Å². The summed E-state index contributed by atoms with van der Waals surface area (Å²) in [7, 11) is 0. The summed E-state index contributed by atoms with van der Waals surface area (Å²) in [4.78, 5) is 14.8. The molecule has 1 unspecified atom stereocenters. The smallest absolute Gasteiger partial charge is 0.129 e. The molecule has 0 amide bonds. The number of nitriles is 1. The van der Waals surface area contributed by atoms with Gasteiger partial charge in [-0.05, 0) is 80.2 Å². The van der Waals surface area contributed by atoms with Crippen molar-refractivity contribution in [2.45, 2.75) is 94.4 Å². The normalized spacial score (nSPS) is 11.6. The number of ketones is 1. The molecule has 4 nitrogen and oxygen atoms in total. The predicted molar refractivity (Wildman–Crippen MR) is 156 cm³/mol. The van der Waals surface area contributed by atoms with Gasteiger partial charge in [-0.2, -0.15) is 5.26 Å². The molecule has 0 aliphatic heterocycles. The number of aromatic nitrogens is 1. The van der Waals surface area contributed by atoms with Crippen LogP contribution in [0.3, 0.4) is 0 Å². The average Bonchev–Trinajstić information content (AvgIpc) is 2.82. The number of pyridine rings is 1. The summed E-state index contributed by atoms with van der Waals surface area (Å²) in [5.74, 6) is 1.79. The van der Waals surface area contributed by atoms with Crippen molar-refractivity contribution in [3.8, 4) is 6.07 Å². The number of aryl methyl sites for hydroxylation is 2. The number of rotatable bonds is 9. The number of unbranched alkanes of at least 4 members (excludes halogenated alkanes) is 1. The maximum Gasteiger partial charge on any atom is 0.129 e. The number of anilines is 1. The van der Waals surface area contributed by atoms with Gasteiger partial charge in [0.1, 0.15) is 5.78 Å². The summed E-state index contributed by atoms with van der Waals surface area (Å²) in [5.41, 5.74) is 11.9. The van der Waals surface area contributed by atoms with Gasteiger partial charge in [0, 0.05) is 18.2 Å². The number of carbonyl (C=O) groups excluding carboxylic acids is 1. The van der Waals surface area contributed by atoms with Gasteiger partial charge in [0.15, 0.2) is 0 Å². The van der Waals surface area contributed by atoms with Gasteiger partial charge in [0.25, 0.3) is 0 Å². The quantitative estimate of drug-likeness (QED) is 0.364. The first-order valence-corrected chi connectivity index (χ1v) is 13.5. The lowest BCUT2D eigenvalue weighted by Crippen LogP contribution is -2.02. The molecule has 0 aliphatic carbocycles. The number of hydrogen-bond acceptors (Lipinski definition) is 4. The van der Waals surface area contributed by atoms with E-state index in [1.807, 2.05) is 39.8 Å². The molecular weight excluding hydrogens is 466 g/mol. The summed E-state index contributed by atoms with van der Waals surface area (Å²) in [5, 5.41) is 9.83. The molecule has 0 bridgehead atoms. The van der Waals surface area contributed by atoms with Crippen LogP contribution in [-0.4, -0.2) is 10.8 Å². The first kappa shape index (κ1) is 33.4. The van der Waals surface area contributed by atoms with E-state index in [1.165, 1.54) is 6.42 Å². The highest BCUT2D eigenvalue weighted by Crippen LogP contribution is 2.35. The minimum Gasteiger partial charge on any atom is -0.396 e. The summed E-state index contributed by atoms with van der Waals surface area (Å²) >= 11 is 6.40. The maximum absolute atomic E-state index is 10.6. The van der Waals surface area contributed by atoms with Crippen LogP contribution < -0.4 is 5.73 Å². The van der Waals surface area contributed by atoms with Crippen LogP contribution in [0, 0.1) is 37.0 Å². The topological polar surface area (TPSA) is 79.8 Å². The number of nitrogens with zero attached hydrogens (tertiary/aromatic N) is 2. The van der Waals surface area contributed by atoms with Crippen molar-refractivity contribution in [3.05, 3.63) is 63.4 Å². The van der Waals surface area contributed by atoms with Crippen molar-refractivity contribution in [2.75, 3.05) is 5.73 Å². The Bertz CT molecular complexity index is 1030. The van der Waals surface area contributed by atoms with Gasteiger partial charge in [-0.1, -0.05) is 71.7 Å². The highest BCUT2D eigenvalue weighted by atomic mass is 35.5. The van der Waals surface area contributed by atoms with Crippen molar-refractivity contribution >= 4 is 28.6 Å². The molecule has 0 radical (unpaired) electrons. The maximum atomic E-state index is 10.6. The molecule has 0 saturated heterocycles. The van der Waals surface area contributed by atoms with Gasteiger partial charge in [-0.15, -0.1) is 0 Å². The number of halogens is 1.